The van der Waals surface area contributed by atoms with Gasteiger partial charge in [-0.2, -0.15) is 0 Å². The van der Waals surface area contributed by atoms with Crippen molar-refractivity contribution in [1.82, 2.24) is 0 Å². The second-order valence-corrected chi connectivity index (χ2v) is 4.67. The normalized spacial score (nSPS) is 11.4. The van der Waals surface area contributed by atoms with Crippen LogP contribution in [0.15, 0.2) is 39.6 Å². The van der Waals surface area contributed by atoms with Gasteiger partial charge in [0, 0.05) is 21.7 Å². The van der Waals surface area contributed by atoms with E-state index in [1.54, 1.807) is 30.3 Å². The predicted molar refractivity (Wildman–Crippen MR) is 70.5 cm³/mol. The molecule has 0 bridgehead atoms. The fraction of sp³-hybridized carbons (Fsp3) is 0. The van der Waals surface area contributed by atoms with Crippen molar-refractivity contribution in [1.29, 1.82) is 0 Å². The zero-order valence-corrected chi connectivity index (χ0v) is 10.3. The van der Waals surface area contributed by atoms with Crippen LogP contribution in [0.2, 0.25) is 0 Å². The fourth-order valence-corrected chi connectivity index (χ4v) is 2.31. The topological polar surface area (TPSA) is 98.1 Å². The molecule has 98 valence electrons. The molecule has 0 atom stereocenters. The van der Waals surface area contributed by atoms with E-state index in [1.165, 1.54) is 0 Å². The maximum Gasteiger partial charge on any atom is 0.139 e. The number of furan rings is 1. The van der Waals surface area contributed by atoms with Gasteiger partial charge < -0.3 is 15.3 Å². The van der Waals surface area contributed by atoms with E-state index in [1.807, 2.05) is 0 Å². The van der Waals surface area contributed by atoms with Gasteiger partial charge in [0.25, 0.3) is 0 Å². The molecule has 0 amide bonds. The maximum atomic E-state index is 9.66. The van der Waals surface area contributed by atoms with Crippen LogP contribution in [-0.4, -0.2) is 10.4 Å². The van der Waals surface area contributed by atoms with Crippen LogP contribution >= 0.6 is 12.0 Å². The van der Waals surface area contributed by atoms with Crippen LogP contribution in [0, 0.1) is 0 Å². The van der Waals surface area contributed by atoms with Crippen LogP contribution in [0.25, 0.3) is 21.9 Å². The van der Waals surface area contributed by atoms with Gasteiger partial charge in [-0.25, -0.2) is 5.26 Å². The Bertz CT molecular complexity index is 755. The summed E-state index contributed by atoms with van der Waals surface area (Å²) in [6.45, 7) is 0. The lowest BCUT2D eigenvalue weighted by atomic mass is 10.1. The minimum Gasteiger partial charge on any atom is -0.506 e. The second kappa shape index (κ2) is 4.63. The summed E-state index contributed by atoms with van der Waals surface area (Å²) in [5.74, 6) is 0.00296. The highest BCUT2D eigenvalue weighted by Crippen LogP contribution is 2.36. The Hall–Kier alpha value is -1.93. The van der Waals surface area contributed by atoms with Crippen molar-refractivity contribution in [3.05, 3.63) is 30.3 Å². The quantitative estimate of drug-likeness (QED) is 0.222. The molecule has 0 saturated heterocycles. The van der Waals surface area contributed by atoms with Crippen molar-refractivity contribution < 1.29 is 24.2 Å². The average Bonchev–Trinajstić information content (AvgIpc) is 2.74. The molecule has 1 aromatic heterocycles. The summed E-state index contributed by atoms with van der Waals surface area (Å²) in [6.07, 6.45) is 0. The first kappa shape index (κ1) is 12.1. The Kier molecular flexibility index (Phi) is 2.96. The molecule has 0 spiro atoms. The molecular weight excluding hydrogens is 270 g/mol. The zero-order valence-electron chi connectivity index (χ0n) is 9.49. The Morgan fingerprint density at radius 1 is 1.11 bits per heavy atom. The van der Waals surface area contributed by atoms with Crippen molar-refractivity contribution in [3.8, 4) is 5.75 Å². The molecular formula is C12H9NO5S. The fourth-order valence-electron chi connectivity index (χ4n) is 1.91. The highest BCUT2D eigenvalue weighted by molar-refractivity contribution is 7.94. The third kappa shape index (κ3) is 2.08. The zero-order chi connectivity index (χ0) is 13.4. The van der Waals surface area contributed by atoms with Crippen LogP contribution in [0.5, 0.6) is 5.75 Å². The number of aromatic hydroxyl groups is 1. The first-order valence-corrected chi connectivity index (χ1v) is 6.02. The molecule has 0 unspecified atom stereocenters. The first-order chi connectivity index (χ1) is 9.19. The number of nitrogen functional groups attached to an aromatic ring is 1. The van der Waals surface area contributed by atoms with E-state index in [2.05, 4.69) is 9.37 Å². The lowest BCUT2D eigenvalue weighted by Crippen LogP contribution is -1.84. The van der Waals surface area contributed by atoms with Crippen molar-refractivity contribution >= 4 is 39.7 Å². The smallest absolute Gasteiger partial charge is 0.139 e. The van der Waals surface area contributed by atoms with Crippen LogP contribution in [0.3, 0.4) is 0 Å². The van der Waals surface area contributed by atoms with Crippen molar-refractivity contribution in [2.75, 3.05) is 5.73 Å². The van der Waals surface area contributed by atoms with Gasteiger partial charge in [0.05, 0.1) is 17.7 Å². The highest BCUT2D eigenvalue weighted by atomic mass is 32.2. The summed E-state index contributed by atoms with van der Waals surface area (Å²) < 4.78 is 10.00. The number of phenolic OH excluding ortho intramolecular Hbond substituents is 1. The molecule has 19 heavy (non-hydrogen) atoms. The molecule has 0 aliphatic heterocycles. The summed E-state index contributed by atoms with van der Waals surface area (Å²) in [7, 11) is 0. The molecule has 0 aliphatic rings. The highest BCUT2D eigenvalue weighted by Gasteiger charge is 2.11. The molecule has 3 aromatic rings. The van der Waals surface area contributed by atoms with Gasteiger partial charge in [-0.3, -0.25) is 0 Å². The summed E-state index contributed by atoms with van der Waals surface area (Å²) in [6, 6.07) is 8.42. The Morgan fingerprint density at radius 3 is 2.68 bits per heavy atom. The molecule has 0 radical (unpaired) electrons. The summed E-state index contributed by atoms with van der Waals surface area (Å²) in [5, 5.41) is 22.9. The molecule has 0 aliphatic carbocycles. The van der Waals surface area contributed by atoms with E-state index >= 15 is 0 Å². The number of phenols is 1. The molecule has 6 nitrogen and oxygen atoms in total. The summed E-state index contributed by atoms with van der Waals surface area (Å²) in [4.78, 5) is 0.709. The van der Waals surface area contributed by atoms with Gasteiger partial charge >= 0.3 is 0 Å². The van der Waals surface area contributed by atoms with Gasteiger partial charge in [0.1, 0.15) is 16.9 Å². The number of hydrogen-bond acceptors (Lipinski definition) is 7. The summed E-state index contributed by atoms with van der Waals surface area (Å²) >= 11 is 0.853. The van der Waals surface area contributed by atoms with Crippen LogP contribution in [0.4, 0.5) is 5.69 Å². The maximum absolute atomic E-state index is 9.66. The van der Waals surface area contributed by atoms with Crippen LogP contribution in [-0.2, 0) is 9.37 Å². The van der Waals surface area contributed by atoms with Gasteiger partial charge in [-0.15, -0.1) is 4.33 Å². The van der Waals surface area contributed by atoms with Gasteiger partial charge in [0.2, 0.25) is 0 Å². The third-order valence-corrected chi connectivity index (χ3v) is 3.33. The predicted octanol–water partition coefficient (Wildman–Crippen LogP) is 3.30. The third-order valence-electron chi connectivity index (χ3n) is 2.75. The average molecular weight is 279 g/mol. The molecule has 0 saturated carbocycles. The van der Waals surface area contributed by atoms with Gasteiger partial charge in [-0.1, -0.05) is 5.04 Å². The lowest BCUT2D eigenvalue weighted by molar-refractivity contribution is -0.432. The molecule has 4 N–H and O–H groups in total. The van der Waals surface area contributed by atoms with E-state index < -0.39 is 0 Å². The van der Waals surface area contributed by atoms with E-state index in [-0.39, 0.29) is 11.4 Å². The van der Waals surface area contributed by atoms with Crippen molar-refractivity contribution in [3.63, 3.8) is 0 Å². The second-order valence-electron chi connectivity index (χ2n) is 3.89. The molecule has 2 aromatic carbocycles. The van der Waals surface area contributed by atoms with E-state index in [9.17, 15) is 5.11 Å². The molecule has 7 heteroatoms. The van der Waals surface area contributed by atoms with Gasteiger partial charge in [0.15, 0.2) is 0 Å². The monoisotopic (exact) mass is 279 g/mol. The largest absolute Gasteiger partial charge is 0.506 e. The Labute approximate surface area is 111 Å². The number of anilines is 1. The Balaban J connectivity index is 2.20. The minimum absolute atomic E-state index is 0.00296. The summed E-state index contributed by atoms with van der Waals surface area (Å²) in [5.41, 5.74) is 7.14. The van der Waals surface area contributed by atoms with Gasteiger partial charge in [-0.05, 0) is 24.3 Å². The number of hydrogen-bond donors (Lipinski definition) is 3. The standard InChI is InChI=1S/C12H9NO5S/c13-9-5-12-8(4-10(9)14)7-3-6(19-18-17-15)1-2-11(7)16-12/h1-5,14-15H,13H2. The first-order valence-electron chi connectivity index (χ1n) is 5.28. The molecule has 3 rings (SSSR count). The SMILES string of the molecule is Nc1cc2oc3ccc(SOOO)cc3c2cc1O. The minimum atomic E-state index is 0.00296. The lowest BCUT2D eigenvalue weighted by Gasteiger charge is -1.98. The van der Waals surface area contributed by atoms with E-state index in [0.717, 1.165) is 22.8 Å². The molecule has 0 fully saturated rings. The van der Waals surface area contributed by atoms with Crippen molar-refractivity contribution in [2.24, 2.45) is 0 Å². The van der Waals surface area contributed by atoms with Crippen LogP contribution in [0.1, 0.15) is 0 Å². The molecule has 1 heterocycles. The Morgan fingerprint density at radius 2 is 1.89 bits per heavy atom. The van der Waals surface area contributed by atoms with Crippen LogP contribution < -0.4 is 5.73 Å². The van der Waals surface area contributed by atoms with Crippen molar-refractivity contribution in [2.45, 2.75) is 4.90 Å². The number of rotatable bonds is 3. The van der Waals surface area contributed by atoms with E-state index in [4.69, 9.17) is 15.4 Å². The number of fused-ring (bicyclic) bond motifs is 3. The number of benzene rings is 2. The van der Waals surface area contributed by atoms with E-state index in [0.29, 0.717) is 16.1 Å². The number of nitrogens with two attached hydrogens (primary N) is 1.